The first-order chi connectivity index (χ1) is 13.0. The van der Waals surface area contributed by atoms with Gasteiger partial charge in [0.2, 0.25) is 5.91 Å². The molecule has 0 fully saturated rings. The highest BCUT2D eigenvalue weighted by atomic mass is 32.2. The van der Waals surface area contributed by atoms with Crippen molar-refractivity contribution in [2.24, 2.45) is 0 Å². The van der Waals surface area contributed by atoms with Gasteiger partial charge < -0.3 is 11.1 Å². The molecular formula is C20H22N4OS2. The zero-order chi connectivity index (χ0) is 19.0. The number of carbonyl (C=O) groups excluding carboxylic acids is 1. The Labute approximate surface area is 166 Å². The first-order valence-corrected chi connectivity index (χ1v) is 10.8. The third kappa shape index (κ3) is 3.66. The van der Waals surface area contributed by atoms with E-state index < -0.39 is 0 Å². The van der Waals surface area contributed by atoms with Gasteiger partial charge in [0.15, 0.2) is 0 Å². The molecule has 2 aromatic heterocycles. The van der Waals surface area contributed by atoms with Gasteiger partial charge >= 0.3 is 0 Å². The van der Waals surface area contributed by atoms with Gasteiger partial charge in [0.05, 0.1) is 11.8 Å². The van der Waals surface area contributed by atoms with Crippen LogP contribution in [0.25, 0.3) is 10.2 Å². The number of carbonyl (C=O) groups is 1. The Morgan fingerprint density at radius 2 is 2.22 bits per heavy atom. The summed E-state index contributed by atoms with van der Waals surface area (Å²) in [6, 6.07) is 6.06. The van der Waals surface area contributed by atoms with Gasteiger partial charge in [0, 0.05) is 16.0 Å². The SMILES string of the molecule is Cc1sc2ncnc(SCC(=O)NC3CCCc4cc(N)ccc43)c2c1C. The molecule has 2 heterocycles. The molecule has 140 valence electrons. The number of aromatic nitrogens is 2. The summed E-state index contributed by atoms with van der Waals surface area (Å²) in [6.45, 7) is 4.18. The fourth-order valence-electron chi connectivity index (χ4n) is 3.61. The number of anilines is 1. The topological polar surface area (TPSA) is 80.9 Å². The number of fused-ring (bicyclic) bond motifs is 2. The Bertz CT molecular complexity index is 1010. The highest BCUT2D eigenvalue weighted by molar-refractivity contribution is 8.00. The van der Waals surface area contributed by atoms with Gasteiger partial charge in [-0.05, 0) is 61.9 Å². The number of thiophene rings is 1. The largest absolute Gasteiger partial charge is 0.399 e. The number of amides is 1. The molecule has 1 amide bonds. The van der Waals surface area contributed by atoms with Crippen molar-refractivity contribution < 1.29 is 4.79 Å². The van der Waals surface area contributed by atoms with E-state index in [0.29, 0.717) is 5.75 Å². The van der Waals surface area contributed by atoms with Crippen LogP contribution in [-0.4, -0.2) is 21.6 Å². The Balaban J connectivity index is 1.46. The molecule has 4 rings (SSSR count). The highest BCUT2D eigenvalue weighted by Gasteiger charge is 2.22. The zero-order valence-electron chi connectivity index (χ0n) is 15.4. The van der Waals surface area contributed by atoms with E-state index in [-0.39, 0.29) is 11.9 Å². The van der Waals surface area contributed by atoms with Crippen molar-refractivity contribution in [3.05, 3.63) is 46.1 Å². The first-order valence-electron chi connectivity index (χ1n) is 9.04. The molecule has 1 aliphatic carbocycles. The van der Waals surface area contributed by atoms with Gasteiger partial charge in [-0.2, -0.15) is 0 Å². The van der Waals surface area contributed by atoms with E-state index in [1.54, 1.807) is 17.7 Å². The monoisotopic (exact) mass is 398 g/mol. The van der Waals surface area contributed by atoms with Crippen molar-refractivity contribution in [3.63, 3.8) is 0 Å². The second-order valence-electron chi connectivity index (χ2n) is 6.90. The molecule has 3 N–H and O–H groups in total. The van der Waals surface area contributed by atoms with Crippen LogP contribution in [0.4, 0.5) is 5.69 Å². The second kappa shape index (κ2) is 7.48. The Morgan fingerprint density at radius 3 is 3.07 bits per heavy atom. The van der Waals surface area contributed by atoms with Crippen molar-refractivity contribution in [1.82, 2.24) is 15.3 Å². The predicted octanol–water partition coefficient (Wildman–Crippen LogP) is 4.18. The smallest absolute Gasteiger partial charge is 0.230 e. The molecule has 1 aromatic carbocycles. The maximum absolute atomic E-state index is 12.6. The van der Waals surface area contributed by atoms with Gasteiger partial charge in [-0.1, -0.05) is 17.8 Å². The summed E-state index contributed by atoms with van der Waals surface area (Å²) in [6.07, 6.45) is 4.64. The third-order valence-corrected chi connectivity index (χ3v) is 7.19. The summed E-state index contributed by atoms with van der Waals surface area (Å²) >= 11 is 3.16. The minimum atomic E-state index is 0.0334. The number of nitrogen functional groups attached to an aromatic ring is 1. The number of nitrogens with one attached hydrogen (secondary N) is 1. The van der Waals surface area contributed by atoms with Crippen LogP contribution in [0.5, 0.6) is 0 Å². The van der Waals surface area contributed by atoms with Gasteiger partial charge in [0.1, 0.15) is 16.2 Å². The summed E-state index contributed by atoms with van der Waals surface area (Å²) in [5.74, 6) is 0.382. The van der Waals surface area contributed by atoms with E-state index in [9.17, 15) is 4.79 Å². The maximum atomic E-state index is 12.6. The lowest BCUT2D eigenvalue weighted by Gasteiger charge is -2.26. The van der Waals surface area contributed by atoms with Crippen molar-refractivity contribution in [2.45, 2.75) is 44.2 Å². The lowest BCUT2D eigenvalue weighted by Crippen LogP contribution is -2.32. The number of nitrogens with two attached hydrogens (primary N) is 1. The number of aryl methyl sites for hydroxylation is 3. The summed E-state index contributed by atoms with van der Waals surface area (Å²) < 4.78 is 0. The quantitative estimate of drug-likeness (QED) is 0.391. The van der Waals surface area contributed by atoms with Gasteiger partial charge in [-0.3, -0.25) is 4.79 Å². The summed E-state index contributed by atoms with van der Waals surface area (Å²) in [5.41, 5.74) is 10.3. The molecule has 0 saturated heterocycles. The fourth-order valence-corrected chi connectivity index (χ4v) is 5.54. The van der Waals surface area contributed by atoms with Gasteiger partial charge in [-0.15, -0.1) is 11.3 Å². The zero-order valence-corrected chi connectivity index (χ0v) is 17.0. The summed E-state index contributed by atoms with van der Waals surface area (Å²) in [7, 11) is 0. The van der Waals surface area contributed by atoms with E-state index in [1.165, 1.54) is 33.3 Å². The molecule has 0 aliphatic heterocycles. The van der Waals surface area contributed by atoms with Crippen LogP contribution in [0.2, 0.25) is 0 Å². The van der Waals surface area contributed by atoms with E-state index >= 15 is 0 Å². The van der Waals surface area contributed by atoms with Crippen LogP contribution in [0.15, 0.2) is 29.6 Å². The highest BCUT2D eigenvalue weighted by Crippen LogP contribution is 2.35. The average Bonchev–Trinajstić information content (AvgIpc) is 2.94. The lowest BCUT2D eigenvalue weighted by atomic mass is 9.87. The Morgan fingerprint density at radius 1 is 1.37 bits per heavy atom. The minimum absolute atomic E-state index is 0.0334. The molecule has 0 radical (unpaired) electrons. The third-order valence-electron chi connectivity index (χ3n) is 5.09. The molecule has 1 aliphatic rings. The first kappa shape index (κ1) is 18.3. The maximum Gasteiger partial charge on any atom is 0.230 e. The van der Waals surface area contributed by atoms with Crippen molar-refractivity contribution >= 4 is 44.9 Å². The number of nitrogens with zero attached hydrogens (tertiary/aromatic N) is 2. The van der Waals surface area contributed by atoms with Crippen molar-refractivity contribution in [1.29, 1.82) is 0 Å². The second-order valence-corrected chi connectivity index (χ2v) is 9.07. The van der Waals surface area contributed by atoms with E-state index in [2.05, 4.69) is 29.1 Å². The van der Waals surface area contributed by atoms with Crippen LogP contribution in [0, 0.1) is 13.8 Å². The van der Waals surface area contributed by atoms with Crippen molar-refractivity contribution in [2.75, 3.05) is 11.5 Å². The molecule has 3 aromatic rings. The van der Waals surface area contributed by atoms with Gasteiger partial charge in [-0.25, -0.2) is 9.97 Å². The normalized spacial score (nSPS) is 16.3. The number of thioether (sulfide) groups is 1. The summed E-state index contributed by atoms with van der Waals surface area (Å²) in [5, 5.41) is 5.15. The van der Waals surface area contributed by atoms with Crippen LogP contribution in [0.1, 0.15) is 40.5 Å². The Hall–Kier alpha value is -2.12. The number of rotatable bonds is 4. The molecule has 0 saturated carbocycles. The summed E-state index contributed by atoms with van der Waals surface area (Å²) in [4.78, 5) is 23.6. The fraction of sp³-hybridized carbons (Fsp3) is 0.350. The number of benzene rings is 1. The van der Waals surface area contributed by atoms with Crippen LogP contribution in [-0.2, 0) is 11.2 Å². The van der Waals surface area contributed by atoms with E-state index in [4.69, 9.17) is 5.73 Å². The van der Waals surface area contributed by atoms with Crippen LogP contribution < -0.4 is 11.1 Å². The molecule has 0 spiro atoms. The van der Waals surface area contributed by atoms with Crippen molar-refractivity contribution in [3.8, 4) is 0 Å². The molecule has 27 heavy (non-hydrogen) atoms. The lowest BCUT2D eigenvalue weighted by molar-refractivity contribution is -0.119. The molecule has 5 nitrogen and oxygen atoms in total. The molecule has 7 heteroatoms. The predicted molar refractivity (Wildman–Crippen MR) is 112 cm³/mol. The molecule has 1 unspecified atom stereocenters. The van der Waals surface area contributed by atoms with E-state index in [1.807, 2.05) is 18.2 Å². The molecule has 1 atom stereocenters. The van der Waals surface area contributed by atoms with Gasteiger partial charge in [0.25, 0.3) is 0 Å². The van der Waals surface area contributed by atoms with Crippen LogP contribution in [0.3, 0.4) is 0 Å². The molecule has 0 bridgehead atoms. The standard InChI is InChI=1S/C20H22N4OS2/c1-11-12(2)27-20-18(11)19(22-10-23-20)26-9-17(25)24-16-5-3-4-13-8-14(21)6-7-15(13)16/h6-8,10,16H,3-5,9,21H2,1-2H3,(H,24,25). The molecular weight excluding hydrogens is 376 g/mol. The number of hydrogen-bond donors (Lipinski definition) is 2. The Kier molecular flexibility index (Phi) is 5.06. The van der Waals surface area contributed by atoms with Crippen LogP contribution >= 0.6 is 23.1 Å². The average molecular weight is 399 g/mol. The number of hydrogen-bond acceptors (Lipinski definition) is 6. The minimum Gasteiger partial charge on any atom is -0.399 e. The van der Waals surface area contributed by atoms with E-state index in [0.717, 1.165) is 40.2 Å².